The lowest BCUT2D eigenvalue weighted by atomic mass is 10.2. The van der Waals surface area contributed by atoms with Gasteiger partial charge in [0.2, 0.25) is 0 Å². The summed E-state index contributed by atoms with van der Waals surface area (Å²) < 4.78 is 39.6. The lowest BCUT2D eigenvalue weighted by molar-refractivity contribution is -1.04. The van der Waals surface area contributed by atoms with E-state index in [9.17, 15) is 8.42 Å². The molecule has 0 fully saturated rings. The van der Waals surface area contributed by atoms with Gasteiger partial charge in [0.1, 0.15) is 8.07 Å². The predicted octanol–water partition coefficient (Wildman–Crippen LogP) is 1.43. The Hall–Kier alpha value is -1.42. The molecule has 0 atom stereocenters. The highest BCUT2D eigenvalue weighted by molar-refractivity contribution is 7.86. The van der Waals surface area contributed by atoms with Gasteiger partial charge in [-0.15, -0.1) is 0 Å². The molecule has 2 aromatic carbocycles. The molecular weight excluding hydrogens is 503 g/mol. The van der Waals surface area contributed by atoms with Crippen molar-refractivity contribution in [3.63, 3.8) is 0 Å². The molecule has 28 heavy (non-hydrogen) atoms. The second kappa shape index (κ2) is 8.14. The van der Waals surface area contributed by atoms with Crippen molar-refractivity contribution in [2.75, 3.05) is 0 Å². The molecule has 0 saturated heterocycles. The molecule has 1 radical (unpaired) electrons. The molecule has 149 valence electrons. The number of hydrogen-bond acceptors (Lipinski definition) is 4. The highest BCUT2D eigenvalue weighted by Crippen LogP contribution is 2.11. The van der Waals surface area contributed by atoms with Crippen LogP contribution in [0, 0.1) is 21.2 Å². The highest BCUT2D eigenvalue weighted by atomic mass is 127. The number of rotatable bonds is 6. The maximum Gasteiger partial charge on any atom is 0.364 e. The summed E-state index contributed by atoms with van der Waals surface area (Å²) in [6.45, 7) is 10.5. The van der Waals surface area contributed by atoms with Crippen LogP contribution in [0.1, 0.15) is 11.1 Å². The molecule has 0 saturated carbocycles. The van der Waals surface area contributed by atoms with E-state index in [0.717, 1.165) is 20.1 Å². The molecule has 3 aromatic rings. The molecule has 1 aromatic heterocycles. The maximum atomic E-state index is 13.0. The van der Waals surface area contributed by atoms with Crippen LogP contribution in [0.25, 0.3) is 0 Å². The third kappa shape index (κ3) is 4.76. The van der Waals surface area contributed by atoms with Crippen LogP contribution in [0.3, 0.4) is 0 Å². The lowest BCUT2D eigenvalue weighted by Crippen LogP contribution is -3.85. The Kier molecular flexibility index (Phi) is 6.19. The van der Waals surface area contributed by atoms with E-state index in [-0.39, 0.29) is 4.90 Å². The van der Waals surface area contributed by atoms with Crippen LogP contribution in [0.15, 0.2) is 70.0 Å². The van der Waals surface area contributed by atoms with Gasteiger partial charge in [-0.05, 0) is 40.6 Å². The van der Waals surface area contributed by atoms with E-state index in [1.54, 1.807) is 24.3 Å². The van der Waals surface area contributed by atoms with E-state index in [1.807, 2.05) is 50.2 Å². The van der Waals surface area contributed by atoms with Gasteiger partial charge in [0.15, 0.2) is 3.57 Å². The molecule has 7 heteroatoms. The van der Waals surface area contributed by atoms with Crippen molar-refractivity contribution in [3.05, 3.63) is 79.1 Å². The van der Waals surface area contributed by atoms with E-state index < -0.39 is 38.4 Å². The summed E-state index contributed by atoms with van der Waals surface area (Å²) in [5.41, 5.74) is 2.01. The monoisotopic (exact) mass is 528 g/mol. The number of hydrogen-bond donors (Lipinski definition) is 0. The average Bonchev–Trinajstić information content (AvgIpc) is 3.11. The second-order valence-electron chi connectivity index (χ2n) is 7.68. The first-order valence-corrected chi connectivity index (χ1v) is 16.9. The summed E-state index contributed by atoms with van der Waals surface area (Å²) in [6.07, 6.45) is 0. The first-order valence-electron chi connectivity index (χ1n) is 8.95. The molecule has 1 heterocycles. The minimum absolute atomic E-state index is 0.172. The van der Waals surface area contributed by atoms with Crippen LogP contribution in [0.5, 0.6) is 0 Å². The molecule has 0 amide bonds. The summed E-state index contributed by atoms with van der Waals surface area (Å²) in [5, 5.41) is 0.953. The standard InChI is InChI=1S/C21H25IO4SSi/c1-16-10-12-18(13-11-16)27(23,24)26-22(19-9-7-6-8-17(19)2)20-14-15-21(25-20)28(3,4)5/h6-15H,1-5H3/q+1. The van der Waals surface area contributed by atoms with Gasteiger partial charge in [-0.2, -0.15) is 8.42 Å². The van der Waals surface area contributed by atoms with Crippen LogP contribution in [-0.4, -0.2) is 16.5 Å². The van der Waals surface area contributed by atoms with Gasteiger partial charge in [-0.1, -0.05) is 55.5 Å². The number of benzene rings is 2. The fourth-order valence-electron chi connectivity index (χ4n) is 2.54. The van der Waals surface area contributed by atoms with Crippen LogP contribution in [0.4, 0.5) is 0 Å². The van der Waals surface area contributed by atoms with Crippen LogP contribution < -0.4 is 25.6 Å². The maximum absolute atomic E-state index is 13.0. The second-order valence-corrected chi connectivity index (χ2v) is 18.9. The number of furan rings is 1. The first kappa shape index (κ1) is 21.3. The minimum atomic E-state index is -3.89. The fourth-order valence-corrected chi connectivity index (χ4v) is 10.7. The third-order valence-electron chi connectivity index (χ3n) is 4.20. The zero-order valence-electron chi connectivity index (χ0n) is 16.7. The van der Waals surface area contributed by atoms with E-state index in [1.165, 1.54) is 0 Å². The van der Waals surface area contributed by atoms with Crippen molar-refractivity contribution in [2.24, 2.45) is 0 Å². The predicted molar refractivity (Wildman–Crippen MR) is 110 cm³/mol. The smallest absolute Gasteiger partial charge is 0.364 e. The highest BCUT2D eigenvalue weighted by Gasteiger charge is 2.42. The lowest BCUT2D eigenvalue weighted by Gasteiger charge is -2.11. The zero-order chi connectivity index (χ0) is 20.5. The number of aryl methyl sites for hydroxylation is 2. The molecule has 0 unspecified atom stereocenters. The summed E-state index contributed by atoms with van der Waals surface area (Å²) in [6, 6.07) is 18.4. The van der Waals surface area contributed by atoms with Crippen molar-refractivity contribution in [1.82, 2.24) is 0 Å². The van der Waals surface area contributed by atoms with E-state index in [4.69, 9.17) is 6.93 Å². The van der Waals surface area contributed by atoms with Gasteiger partial charge in [0.25, 0.3) is 0 Å². The van der Waals surface area contributed by atoms with Crippen molar-refractivity contribution in [1.29, 1.82) is 0 Å². The topological polar surface area (TPSA) is 56.5 Å². The first-order chi connectivity index (χ1) is 13.1. The van der Waals surface area contributed by atoms with Gasteiger partial charge in [-0.25, -0.2) is 0 Å². The largest absolute Gasteiger partial charge is 0.430 e. The molecule has 0 bridgehead atoms. The molecule has 3 rings (SSSR count). The molecule has 0 aliphatic carbocycles. The Balaban J connectivity index is 2.06. The number of halogens is 1. The summed E-state index contributed by atoms with van der Waals surface area (Å²) in [7, 11) is -5.54. The molecule has 0 aliphatic heterocycles. The summed E-state index contributed by atoms with van der Waals surface area (Å²) in [5.74, 6) is 0. The van der Waals surface area contributed by atoms with E-state index in [2.05, 4.69) is 19.6 Å². The fraction of sp³-hybridized carbons (Fsp3) is 0.238. The Morgan fingerprint density at radius 3 is 2.11 bits per heavy atom. The molecular formula is C21H25IO4SSi+. The molecule has 0 spiro atoms. The minimum Gasteiger partial charge on any atom is -0.430 e. The van der Waals surface area contributed by atoms with Crippen molar-refractivity contribution in [2.45, 2.75) is 38.4 Å². The summed E-state index contributed by atoms with van der Waals surface area (Å²) >= 11 is -2.80. The molecule has 4 nitrogen and oxygen atoms in total. The van der Waals surface area contributed by atoms with Crippen molar-refractivity contribution >= 4 is 23.6 Å². The van der Waals surface area contributed by atoms with Crippen molar-refractivity contribution < 1.29 is 35.6 Å². The SMILES string of the molecule is Cc1ccc(S(=O)(=O)O[I+](c2ccc([Si](C)(C)C)o2)c2ccccc2C)cc1. The van der Waals surface area contributed by atoms with Crippen molar-refractivity contribution in [3.8, 4) is 0 Å². The average molecular weight is 528 g/mol. The third-order valence-corrected chi connectivity index (χ3v) is 13.4. The Morgan fingerprint density at radius 1 is 0.893 bits per heavy atom. The van der Waals surface area contributed by atoms with E-state index in [0.29, 0.717) is 3.77 Å². The normalized spacial score (nSPS) is 12.5. The van der Waals surface area contributed by atoms with Gasteiger partial charge >= 0.3 is 34.1 Å². The van der Waals surface area contributed by atoms with Gasteiger partial charge < -0.3 is 4.42 Å². The van der Waals surface area contributed by atoms with Gasteiger partial charge in [-0.3, -0.25) is 0 Å². The molecule has 0 N–H and O–H groups in total. The van der Waals surface area contributed by atoms with Crippen LogP contribution in [-0.2, 0) is 12.6 Å². The van der Waals surface area contributed by atoms with E-state index >= 15 is 0 Å². The van der Waals surface area contributed by atoms with Gasteiger partial charge in [0, 0.05) is 11.6 Å². The van der Waals surface area contributed by atoms with Crippen LogP contribution in [0.2, 0.25) is 19.6 Å². The van der Waals surface area contributed by atoms with Gasteiger partial charge in [0.05, 0.1) is 10.3 Å². The summed E-state index contributed by atoms with van der Waals surface area (Å²) in [4.78, 5) is 0.172. The zero-order valence-corrected chi connectivity index (χ0v) is 20.7. The molecule has 0 aliphatic rings. The quantitative estimate of drug-likeness (QED) is 0.359. The Morgan fingerprint density at radius 2 is 1.54 bits per heavy atom. The van der Waals surface area contributed by atoms with Crippen LogP contribution >= 0.6 is 0 Å². The Labute approximate surface area is 176 Å². The Bertz CT molecular complexity index is 1070.